The summed E-state index contributed by atoms with van der Waals surface area (Å²) in [5.74, 6) is 0.173. The molecule has 0 aromatic heterocycles. The van der Waals surface area contributed by atoms with Crippen molar-refractivity contribution in [2.45, 2.75) is 37.3 Å². The summed E-state index contributed by atoms with van der Waals surface area (Å²) in [5, 5.41) is 16.2. The zero-order chi connectivity index (χ0) is 18.0. The number of piperidine rings is 1. The van der Waals surface area contributed by atoms with Crippen LogP contribution in [-0.2, 0) is 5.60 Å². The molecular formula is C22H26N2OS. The van der Waals surface area contributed by atoms with Crippen molar-refractivity contribution in [3.63, 3.8) is 0 Å². The van der Waals surface area contributed by atoms with Crippen LogP contribution in [0.1, 0.15) is 36.8 Å². The summed E-state index contributed by atoms with van der Waals surface area (Å²) in [7, 11) is 0. The van der Waals surface area contributed by atoms with Crippen LogP contribution >= 0.6 is 12.2 Å². The average molecular weight is 367 g/mol. The predicted molar refractivity (Wildman–Crippen MR) is 109 cm³/mol. The smallest absolute Gasteiger partial charge is 0.169 e. The van der Waals surface area contributed by atoms with Crippen molar-refractivity contribution in [3.05, 3.63) is 71.8 Å². The average Bonchev–Trinajstić information content (AvgIpc) is 3.53. The van der Waals surface area contributed by atoms with Gasteiger partial charge in [-0.1, -0.05) is 60.7 Å². The van der Waals surface area contributed by atoms with Gasteiger partial charge in [-0.15, -0.1) is 0 Å². The van der Waals surface area contributed by atoms with E-state index in [9.17, 15) is 5.11 Å². The highest BCUT2D eigenvalue weighted by Gasteiger charge is 2.41. The maximum atomic E-state index is 11.9. The van der Waals surface area contributed by atoms with Crippen LogP contribution in [0.15, 0.2) is 60.7 Å². The van der Waals surface area contributed by atoms with Crippen LogP contribution in [0, 0.1) is 5.92 Å². The Labute approximate surface area is 161 Å². The molecule has 1 saturated carbocycles. The summed E-state index contributed by atoms with van der Waals surface area (Å²) in [4.78, 5) is 2.26. The molecule has 4 rings (SSSR count). The van der Waals surface area contributed by atoms with Crippen LogP contribution < -0.4 is 5.32 Å². The van der Waals surface area contributed by atoms with Gasteiger partial charge >= 0.3 is 0 Å². The van der Waals surface area contributed by atoms with E-state index >= 15 is 0 Å². The lowest BCUT2D eigenvalue weighted by Crippen LogP contribution is -2.49. The molecule has 0 spiro atoms. The number of thiocarbonyl (C=S) groups is 1. The Bertz CT molecular complexity index is 698. The van der Waals surface area contributed by atoms with E-state index in [4.69, 9.17) is 12.2 Å². The minimum absolute atomic E-state index is 0.173. The van der Waals surface area contributed by atoms with Gasteiger partial charge in [0.25, 0.3) is 0 Å². The van der Waals surface area contributed by atoms with Gasteiger partial charge in [0.2, 0.25) is 0 Å². The first-order valence-corrected chi connectivity index (χ1v) is 9.97. The minimum Gasteiger partial charge on any atom is -0.380 e. The van der Waals surface area contributed by atoms with E-state index in [0.717, 1.165) is 42.2 Å². The molecule has 2 aliphatic rings. The summed E-state index contributed by atoms with van der Waals surface area (Å²) in [6, 6.07) is 20.8. The Balaban J connectivity index is 1.55. The first-order valence-electron chi connectivity index (χ1n) is 9.57. The number of nitrogens with one attached hydrogen (secondary N) is 1. The largest absolute Gasteiger partial charge is 0.380 e. The van der Waals surface area contributed by atoms with Gasteiger partial charge in [0, 0.05) is 19.1 Å². The highest BCUT2D eigenvalue weighted by atomic mass is 32.1. The summed E-state index contributed by atoms with van der Waals surface area (Å²) < 4.78 is 0. The van der Waals surface area contributed by atoms with E-state index in [1.165, 1.54) is 12.8 Å². The van der Waals surface area contributed by atoms with Gasteiger partial charge in [-0.3, -0.25) is 0 Å². The Hall–Kier alpha value is -1.91. The molecular weight excluding hydrogens is 340 g/mol. The molecule has 1 aliphatic heterocycles. The van der Waals surface area contributed by atoms with Crippen LogP contribution in [0.25, 0.3) is 0 Å². The second-order valence-corrected chi connectivity index (χ2v) is 7.87. The fourth-order valence-corrected chi connectivity index (χ4v) is 4.37. The van der Waals surface area contributed by atoms with Crippen LogP contribution in [-0.4, -0.2) is 34.3 Å². The van der Waals surface area contributed by atoms with Crippen molar-refractivity contribution in [1.29, 1.82) is 0 Å². The number of nitrogens with zero attached hydrogens (tertiary/aromatic N) is 1. The minimum atomic E-state index is -0.958. The van der Waals surface area contributed by atoms with Gasteiger partial charge in [-0.2, -0.15) is 0 Å². The van der Waals surface area contributed by atoms with Crippen molar-refractivity contribution in [3.8, 4) is 0 Å². The topological polar surface area (TPSA) is 35.5 Å². The fraction of sp³-hybridized carbons (Fsp3) is 0.409. The molecule has 0 unspecified atom stereocenters. The molecule has 0 bridgehead atoms. The Morgan fingerprint density at radius 1 is 0.885 bits per heavy atom. The predicted octanol–water partition coefficient (Wildman–Crippen LogP) is 3.67. The van der Waals surface area contributed by atoms with Crippen LogP contribution in [0.3, 0.4) is 0 Å². The maximum absolute atomic E-state index is 11.9. The second-order valence-electron chi connectivity index (χ2n) is 7.48. The van der Waals surface area contributed by atoms with Crippen LogP contribution in [0.5, 0.6) is 0 Å². The highest BCUT2D eigenvalue weighted by molar-refractivity contribution is 7.80. The quantitative estimate of drug-likeness (QED) is 0.810. The standard InChI is InChI=1S/C22H26N2OS/c25-22(17-7-3-1-4-8-17,18-9-5-2-6-10-18)19-13-15-24(16-14-19)21(26)23-20-11-12-20/h1-10,19-20,25H,11-16H2,(H,23,26). The van der Waals surface area contributed by atoms with E-state index in [1.54, 1.807) is 0 Å². The first-order chi connectivity index (χ1) is 12.7. The molecule has 0 radical (unpaired) electrons. The van der Waals surface area contributed by atoms with E-state index in [1.807, 2.05) is 60.7 Å². The molecule has 2 aromatic rings. The third-order valence-corrected chi connectivity index (χ3v) is 6.08. The molecule has 3 nitrogen and oxygen atoms in total. The van der Waals surface area contributed by atoms with E-state index in [-0.39, 0.29) is 5.92 Å². The van der Waals surface area contributed by atoms with Gasteiger partial charge in [0.15, 0.2) is 5.11 Å². The van der Waals surface area contributed by atoms with Crippen molar-refractivity contribution < 1.29 is 5.11 Å². The zero-order valence-electron chi connectivity index (χ0n) is 15.0. The van der Waals surface area contributed by atoms with Crippen LogP contribution in [0.4, 0.5) is 0 Å². The first kappa shape index (κ1) is 17.5. The molecule has 1 aliphatic carbocycles. The molecule has 0 amide bonds. The lowest BCUT2D eigenvalue weighted by Gasteiger charge is -2.43. The van der Waals surface area contributed by atoms with Gasteiger partial charge in [-0.05, 0) is 54.9 Å². The number of rotatable bonds is 4. The van der Waals surface area contributed by atoms with Gasteiger partial charge in [-0.25, -0.2) is 0 Å². The number of hydrogen-bond donors (Lipinski definition) is 2. The van der Waals surface area contributed by atoms with Gasteiger partial charge in [0.05, 0.1) is 0 Å². The van der Waals surface area contributed by atoms with Crippen molar-refractivity contribution in [2.24, 2.45) is 5.92 Å². The summed E-state index contributed by atoms with van der Waals surface area (Å²) >= 11 is 5.56. The fourth-order valence-electron chi connectivity index (χ4n) is 4.02. The lowest BCUT2D eigenvalue weighted by atomic mass is 9.72. The highest BCUT2D eigenvalue weighted by Crippen LogP contribution is 2.41. The monoisotopic (exact) mass is 366 g/mol. The Morgan fingerprint density at radius 3 is 1.85 bits per heavy atom. The molecule has 4 heteroatoms. The summed E-state index contributed by atoms with van der Waals surface area (Å²) in [6.07, 6.45) is 4.32. The number of aliphatic hydroxyl groups is 1. The third kappa shape index (κ3) is 3.49. The van der Waals surface area contributed by atoms with Crippen molar-refractivity contribution in [1.82, 2.24) is 10.2 Å². The third-order valence-electron chi connectivity index (χ3n) is 5.71. The van der Waals surface area contributed by atoms with Crippen molar-refractivity contribution in [2.75, 3.05) is 13.1 Å². The molecule has 26 heavy (non-hydrogen) atoms. The SMILES string of the molecule is OC(c1ccccc1)(c1ccccc1)C1CCN(C(=S)NC2CC2)CC1. The molecule has 1 saturated heterocycles. The molecule has 136 valence electrons. The van der Waals surface area contributed by atoms with Crippen LogP contribution in [0.2, 0.25) is 0 Å². The lowest BCUT2D eigenvalue weighted by molar-refractivity contribution is -0.00660. The molecule has 2 fully saturated rings. The summed E-state index contributed by atoms with van der Waals surface area (Å²) in [6.45, 7) is 1.79. The normalized spacial score (nSPS) is 18.6. The summed E-state index contributed by atoms with van der Waals surface area (Å²) in [5.41, 5.74) is 0.992. The van der Waals surface area contributed by atoms with Crippen molar-refractivity contribution >= 4 is 17.3 Å². The second kappa shape index (κ2) is 7.37. The zero-order valence-corrected chi connectivity index (χ0v) is 15.8. The number of benzene rings is 2. The number of likely N-dealkylation sites (tertiary alicyclic amines) is 1. The molecule has 1 heterocycles. The van der Waals surface area contributed by atoms with E-state index in [0.29, 0.717) is 6.04 Å². The van der Waals surface area contributed by atoms with E-state index in [2.05, 4.69) is 10.2 Å². The van der Waals surface area contributed by atoms with Gasteiger partial charge < -0.3 is 15.3 Å². The maximum Gasteiger partial charge on any atom is 0.169 e. The Kier molecular flexibility index (Phi) is 4.96. The number of hydrogen-bond acceptors (Lipinski definition) is 2. The molecule has 2 aromatic carbocycles. The van der Waals surface area contributed by atoms with E-state index < -0.39 is 5.60 Å². The van der Waals surface area contributed by atoms with Gasteiger partial charge in [0.1, 0.15) is 5.60 Å². The molecule has 0 atom stereocenters. The molecule has 2 N–H and O–H groups in total. The Morgan fingerprint density at radius 2 is 1.38 bits per heavy atom.